The van der Waals surface area contributed by atoms with Gasteiger partial charge < -0.3 is 15.5 Å². The van der Waals surface area contributed by atoms with Gasteiger partial charge in [0, 0.05) is 0 Å². The van der Waals surface area contributed by atoms with Crippen molar-refractivity contribution in [3.63, 3.8) is 0 Å². The van der Waals surface area contributed by atoms with Gasteiger partial charge in [-0.25, -0.2) is 4.79 Å². The zero-order valence-corrected chi connectivity index (χ0v) is 10.8. The van der Waals surface area contributed by atoms with Gasteiger partial charge in [-0.05, 0) is 30.2 Å². The van der Waals surface area contributed by atoms with Gasteiger partial charge in [0.2, 0.25) is 0 Å². The topological polar surface area (TPSA) is 81.0 Å². The van der Waals surface area contributed by atoms with Gasteiger partial charge in [0.1, 0.15) is 4.49 Å². The first-order chi connectivity index (χ1) is 8.47. The van der Waals surface area contributed by atoms with Crippen molar-refractivity contribution < 1.29 is 9.53 Å². The molecule has 2 aromatic rings. The summed E-state index contributed by atoms with van der Waals surface area (Å²) in [7, 11) is 0. The second-order valence-corrected chi connectivity index (χ2v) is 4.53. The van der Waals surface area contributed by atoms with E-state index in [9.17, 15) is 4.79 Å². The third kappa shape index (κ3) is 2.57. The summed E-state index contributed by atoms with van der Waals surface area (Å²) in [6.07, 6.45) is -0.922. The fourth-order valence-electron chi connectivity index (χ4n) is 1.47. The number of hydrogen-bond acceptors (Lipinski definition) is 3. The van der Waals surface area contributed by atoms with Gasteiger partial charge in [-0.3, -0.25) is 0 Å². The Labute approximate surface area is 113 Å². The first-order valence-corrected chi connectivity index (χ1v) is 5.72. The number of rotatable bonds is 2. The SMILES string of the molecule is CC(=C(Cl)Cl)c1ccc2[nH]c(OC(N)=O)nc2c1. The molecule has 1 aromatic carbocycles. The molecule has 0 radical (unpaired) electrons. The van der Waals surface area contributed by atoms with E-state index in [0.29, 0.717) is 11.0 Å². The highest BCUT2D eigenvalue weighted by atomic mass is 35.5. The van der Waals surface area contributed by atoms with Crippen LogP contribution in [0.1, 0.15) is 12.5 Å². The van der Waals surface area contributed by atoms with Crippen LogP contribution in [0.15, 0.2) is 22.7 Å². The number of hydrogen-bond donors (Lipinski definition) is 2. The third-order valence-electron chi connectivity index (χ3n) is 2.38. The maximum Gasteiger partial charge on any atom is 0.412 e. The fraction of sp³-hybridized carbons (Fsp3) is 0.0909. The number of fused-ring (bicyclic) bond motifs is 1. The van der Waals surface area contributed by atoms with Crippen molar-refractivity contribution in [3.05, 3.63) is 28.3 Å². The Morgan fingerprint density at radius 2 is 2.17 bits per heavy atom. The first-order valence-electron chi connectivity index (χ1n) is 4.96. The Balaban J connectivity index is 2.46. The summed E-state index contributed by atoms with van der Waals surface area (Å²) in [5.41, 5.74) is 7.81. The van der Waals surface area contributed by atoms with Crippen LogP contribution in [0.2, 0.25) is 0 Å². The molecule has 94 valence electrons. The first kappa shape index (κ1) is 12.7. The number of amides is 1. The van der Waals surface area contributed by atoms with Gasteiger partial charge in [0.15, 0.2) is 0 Å². The lowest BCUT2D eigenvalue weighted by atomic mass is 10.1. The van der Waals surface area contributed by atoms with E-state index in [1.807, 2.05) is 6.07 Å². The van der Waals surface area contributed by atoms with Crippen molar-refractivity contribution in [2.45, 2.75) is 6.92 Å². The van der Waals surface area contributed by atoms with Crippen molar-refractivity contribution in [3.8, 4) is 6.01 Å². The highest BCUT2D eigenvalue weighted by Gasteiger charge is 2.08. The highest BCUT2D eigenvalue weighted by molar-refractivity contribution is 6.58. The summed E-state index contributed by atoms with van der Waals surface area (Å²) >= 11 is 11.4. The number of carbonyl (C=O) groups is 1. The number of benzene rings is 1. The van der Waals surface area contributed by atoms with Crippen molar-refractivity contribution >= 4 is 45.9 Å². The summed E-state index contributed by atoms with van der Waals surface area (Å²) in [4.78, 5) is 17.5. The molecule has 0 saturated heterocycles. The predicted molar refractivity (Wildman–Crippen MR) is 70.6 cm³/mol. The molecule has 3 N–H and O–H groups in total. The second-order valence-electron chi connectivity index (χ2n) is 3.58. The van der Waals surface area contributed by atoms with Gasteiger partial charge in [-0.2, -0.15) is 4.98 Å². The van der Waals surface area contributed by atoms with Crippen LogP contribution in [0.5, 0.6) is 6.01 Å². The molecule has 1 heterocycles. The lowest BCUT2D eigenvalue weighted by Gasteiger charge is -2.00. The number of nitrogens with zero attached hydrogens (tertiary/aromatic N) is 1. The molecule has 1 amide bonds. The van der Waals surface area contributed by atoms with Crippen molar-refractivity contribution in [2.24, 2.45) is 5.73 Å². The van der Waals surface area contributed by atoms with Crippen molar-refractivity contribution in [1.82, 2.24) is 9.97 Å². The standard InChI is InChI=1S/C11H9Cl2N3O2/c1-5(9(12)13)6-2-3-7-8(4-6)16-11(15-7)18-10(14)17/h2-4H,1H3,(H2,14,17)(H,15,16). The molecule has 7 heteroatoms. The monoisotopic (exact) mass is 285 g/mol. The number of nitrogens with two attached hydrogens (primary N) is 1. The van der Waals surface area contributed by atoms with Gasteiger partial charge in [-0.1, -0.05) is 29.3 Å². The Morgan fingerprint density at radius 1 is 1.44 bits per heavy atom. The lowest BCUT2D eigenvalue weighted by Crippen LogP contribution is -2.16. The van der Waals surface area contributed by atoms with Crippen LogP contribution < -0.4 is 10.5 Å². The number of primary amides is 1. The van der Waals surface area contributed by atoms with Crippen molar-refractivity contribution in [1.29, 1.82) is 0 Å². The number of nitrogens with one attached hydrogen (secondary N) is 1. The molecule has 0 saturated carbocycles. The van der Waals surface area contributed by atoms with Gasteiger partial charge in [0.05, 0.1) is 11.0 Å². The molecule has 1 aromatic heterocycles. The third-order valence-corrected chi connectivity index (χ3v) is 2.94. The van der Waals surface area contributed by atoms with Crippen LogP contribution in [0.3, 0.4) is 0 Å². The maximum absolute atomic E-state index is 10.6. The molecular weight excluding hydrogens is 277 g/mol. The number of aromatic amines is 1. The zero-order valence-electron chi connectivity index (χ0n) is 9.33. The van der Waals surface area contributed by atoms with Crippen LogP contribution in [0.4, 0.5) is 4.79 Å². The van der Waals surface area contributed by atoms with Gasteiger partial charge in [0.25, 0.3) is 0 Å². The van der Waals surface area contributed by atoms with Crippen LogP contribution in [0.25, 0.3) is 16.6 Å². The average molecular weight is 286 g/mol. The van der Waals surface area contributed by atoms with Gasteiger partial charge >= 0.3 is 12.1 Å². The molecule has 2 rings (SSSR count). The minimum Gasteiger partial charge on any atom is -0.376 e. The summed E-state index contributed by atoms with van der Waals surface area (Å²) in [6, 6.07) is 5.44. The highest BCUT2D eigenvalue weighted by Crippen LogP contribution is 2.26. The van der Waals surface area contributed by atoms with E-state index < -0.39 is 6.09 Å². The Kier molecular flexibility index (Phi) is 3.45. The molecule has 0 aliphatic heterocycles. The number of H-pyrrole nitrogens is 1. The van der Waals surface area contributed by atoms with Gasteiger partial charge in [-0.15, -0.1) is 0 Å². The van der Waals surface area contributed by atoms with E-state index in [1.165, 1.54) is 0 Å². The smallest absolute Gasteiger partial charge is 0.376 e. The summed E-state index contributed by atoms with van der Waals surface area (Å²) < 4.78 is 4.85. The Bertz CT molecular complexity index is 645. The molecule has 18 heavy (non-hydrogen) atoms. The average Bonchev–Trinajstić information content (AvgIpc) is 2.67. The van der Waals surface area contributed by atoms with E-state index >= 15 is 0 Å². The molecular formula is C11H9Cl2N3O2. The van der Waals surface area contributed by atoms with Crippen LogP contribution in [-0.4, -0.2) is 16.1 Å². The van der Waals surface area contributed by atoms with E-state index in [4.69, 9.17) is 28.9 Å². The number of halogens is 2. The molecule has 0 spiro atoms. The summed E-state index contributed by atoms with van der Waals surface area (Å²) in [5, 5.41) is 0. The molecule has 0 unspecified atom stereocenters. The Hall–Kier alpha value is -1.72. The van der Waals surface area contributed by atoms with Crippen LogP contribution in [-0.2, 0) is 0 Å². The number of carbonyl (C=O) groups excluding carboxylic acids is 1. The predicted octanol–water partition coefficient (Wildman–Crippen LogP) is 3.19. The van der Waals surface area contributed by atoms with E-state index in [-0.39, 0.29) is 10.5 Å². The quantitative estimate of drug-likeness (QED) is 0.889. The van der Waals surface area contributed by atoms with E-state index in [1.54, 1.807) is 19.1 Å². The Morgan fingerprint density at radius 3 is 2.78 bits per heavy atom. The molecule has 0 aliphatic carbocycles. The normalized spacial score (nSPS) is 10.4. The minimum absolute atomic E-state index is 0.0493. The largest absolute Gasteiger partial charge is 0.412 e. The summed E-state index contributed by atoms with van der Waals surface area (Å²) in [6.45, 7) is 1.80. The lowest BCUT2D eigenvalue weighted by molar-refractivity contribution is 0.207. The van der Waals surface area contributed by atoms with Crippen LogP contribution >= 0.6 is 23.2 Å². The minimum atomic E-state index is -0.922. The molecule has 0 atom stereocenters. The van der Waals surface area contributed by atoms with Crippen molar-refractivity contribution in [2.75, 3.05) is 0 Å². The molecule has 5 nitrogen and oxygen atoms in total. The maximum atomic E-state index is 10.6. The number of imidazole rings is 1. The fourth-order valence-corrected chi connectivity index (χ4v) is 1.69. The number of ether oxygens (including phenoxy) is 1. The van der Waals surface area contributed by atoms with E-state index in [0.717, 1.165) is 11.1 Å². The van der Waals surface area contributed by atoms with Crippen LogP contribution in [0, 0.1) is 0 Å². The number of aromatic nitrogens is 2. The molecule has 0 fully saturated rings. The molecule has 0 aliphatic rings. The second kappa shape index (κ2) is 4.88. The molecule has 0 bridgehead atoms. The zero-order chi connectivity index (χ0) is 13.3. The number of allylic oxidation sites excluding steroid dienone is 1. The van der Waals surface area contributed by atoms with E-state index in [2.05, 4.69) is 14.7 Å². The summed E-state index contributed by atoms with van der Waals surface area (Å²) in [5.74, 6) is 0.